The van der Waals surface area contributed by atoms with E-state index in [0.717, 1.165) is 38.8 Å². The van der Waals surface area contributed by atoms with Crippen LogP contribution in [0.5, 0.6) is 0 Å². The van der Waals surface area contributed by atoms with E-state index in [1.54, 1.807) is 7.05 Å². The van der Waals surface area contributed by atoms with Crippen LogP contribution in [0, 0.1) is 16.7 Å². The van der Waals surface area contributed by atoms with Crippen molar-refractivity contribution in [3.63, 3.8) is 0 Å². The Morgan fingerprint density at radius 1 is 1.62 bits per heavy atom. The summed E-state index contributed by atoms with van der Waals surface area (Å²) >= 11 is 0. The smallest absolute Gasteiger partial charge is 0.237 e. The quantitative estimate of drug-likeness (QED) is 0.767. The molecule has 0 aromatic rings. The van der Waals surface area contributed by atoms with E-state index in [-0.39, 0.29) is 17.4 Å². The highest BCUT2D eigenvalue weighted by Gasteiger charge is 2.46. The Labute approximate surface area is 96.6 Å². The third-order valence-corrected chi connectivity index (χ3v) is 3.86. The van der Waals surface area contributed by atoms with Gasteiger partial charge in [0.15, 0.2) is 0 Å². The van der Waals surface area contributed by atoms with Crippen molar-refractivity contribution in [2.75, 3.05) is 20.1 Å². The number of carbonyl (C=O) groups is 1. The summed E-state index contributed by atoms with van der Waals surface area (Å²) in [5.74, 6) is 0.130. The van der Waals surface area contributed by atoms with Gasteiger partial charge in [-0.1, -0.05) is 0 Å². The lowest BCUT2D eigenvalue weighted by atomic mass is 10.0. The summed E-state index contributed by atoms with van der Waals surface area (Å²) in [6, 6.07) is 2.32. The third-order valence-electron chi connectivity index (χ3n) is 3.86. The van der Waals surface area contributed by atoms with Gasteiger partial charge in [0, 0.05) is 20.0 Å². The minimum Gasteiger partial charge on any atom is -0.358 e. The van der Waals surface area contributed by atoms with Crippen molar-refractivity contribution in [3.8, 4) is 6.07 Å². The molecule has 4 nitrogen and oxygen atoms in total. The molecule has 2 rings (SSSR count). The van der Waals surface area contributed by atoms with E-state index in [1.165, 1.54) is 0 Å². The zero-order valence-corrected chi connectivity index (χ0v) is 9.83. The molecule has 1 saturated heterocycles. The van der Waals surface area contributed by atoms with Crippen molar-refractivity contribution in [1.82, 2.24) is 10.2 Å². The molecular weight excluding hydrogens is 202 g/mol. The van der Waals surface area contributed by atoms with Crippen LogP contribution in [-0.2, 0) is 4.79 Å². The highest BCUT2D eigenvalue weighted by molar-refractivity contribution is 5.81. The average Bonchev–Trinajstić information content (AvgIpc) is 2.87. The first-order valence-electron chi connectivity index (χ1n) is 6.03. The van der Waals surface area contributed by atoms with E-state index in [0.29, 0.717) is 6.42 Å². The average molecular weight is 221 g/mol. The first kappa shape index (κ1) is 11.4. The molecule has 1 N–H and O–H groups in total. The minimum absolute atomic E-state index is 0.0427. The van der Waals surface area contributed by atoms with E-state index in [4.69, 9.17) is 5.26 Å². The number of hydrogen-bond acceptors (Lipinski definition) is 3. The minimum atomic E-state index is 0.0427. The van der Waals surface area contributed by atoms with Gasteiger partial charge >= 0.3 is 0 Å². The number of nitrogens with one attached hydrogen (secondary N) is 1. The van der Waals surface area contributed by atoms with Crippen molar-refractivity contribution in [2.24, 2.45) is 5.41 Å². The molecule has 1 saturated carbocycles. The molecule has 1 unspecified atom stereocenters. The zero-order chi connectivity index (χ0) is 11.6. The van der Waals surface area contributed by atoms with Gasteiger partial charge in [-0.05, 0) is 37.6 Å². The fourth-order valence-electron chi connectivity index (χ4n) is 2.65. The number of likely N-dealkylation sites (N-methyl/N-ethyl adjacent to an activating group) is 1. The summed E-state index contributed by atoms with van der Waals surface area (Å²) in [6.45, 7) is 1.93. The number of amides is 1. The van der Waals surface area contributed by atoms with Crippen LogP contribution in [0.2, 0.25) is 0 Å². The molecule has 0 bridgehead atoms. The number of rotatable bonds is 4. The Balaban J connectivity index is 1.94. The van der Waals surface area contributed by atoms with Gasteiger partial charge < -0.3 is 5.32 Å². The Kier molecular flexibility index (Phi) is 3.15. The third kappa shape index (κ3) is 2.19. The van der Waals surface area contributed by atoms with Crippen LogP contribution in [0.15, 0.2) is 0 Å². The van der Waals surface area contributed by atoms with E-state index in [1.807, 2.05) is 0 Å². The molecule has 1 heterocycles. The molecule has 2 fully saturated rings. The van der Waals surface area contributed by atoms with Gasteiger partial charge in [0.1, 0.15) is 0 Å². The Bertz CT molecular complexity index is 317. The summed E-state index contributed by atoms with van der Waals surface area (Å²) < 4.78 is 0. The predicted octanol–water partition coefficient (Wildman–Crippen LogP) is 0.891. The standard InChI is InChI=1S/C12H19N3O/c1-14-11(16)10-3-2-8-15(10)9-12(4-5-12)6-7-13/h10H,2-6,8-9H2,1H3,(H,14,16). The lowest BCUT2D eigenvalue weighted by molar-refractivity contribution is -0.125. The highest BCUT2D eigenvalue weighted by Crippen LogP contribution is 2.49. The fraction of sp³-hybridized carbons (Fsp3) is 0.833. The summed E-state index contributed by atoms with van der Waals surface area (Å²) in [5.41, 5.74) is 0.214. The van der Waals surface area contributed by atoms with Gasteiger partial charge in [-0.3, -0.25) is 9.69 Å². The normalized spacial score (nSPS) is 27.4. The van der Waals surface area contributed by atoms with Crippen molar-refractivity contribution >= 4 is 5.91 Å². The molecule has 1 atom stereocenters. The highest BCUT2D eigenvalue weighted by atomic mass is 16.2. The van der Waals surface area contributed by atoms with Crippen molar-refractivity contribution in [3.05, 3.63) is 0 Å². The monoisotopic (exact) mass is 221 g/mol. The largest absolute Gasteiger partial charge is 0.358 e. The Morgan fingerprint density at radius 3 is 2.94 bits per heavy atom. The van der Waals surface area contributed by atoms with Crippen LogP contribution in [0.3, 0.4) is 0 Å². The second-order valence-corrected chi connectivity index (χ2v) is 5.08. The molecule has 0 radical (unpaired) electrons. The number of likely N-dealkylation sites (tertiary alicyclic amines) is 1. The predicted molar refractivity (Wildman–Crippen MR) is 60.6 cm³/mol. The van der Waals surface area contributed by atoms with Crippen LogP contribution < -0.4 is 5.32 Å². The topological polar surface area (TPSA) is 56.1 Å². The molecule has 0 aromatic heterocycles. The van der Waals surface area contributed by atoms with Gasteiger partial charge in [-0.2, -0.15) is 5.26 Å². The van der Waals surface area contributed by atoms with Gasteiger partial charge in [-0.25, -0.2) is 0 Å². The maximum Gasteiger partial charge on any atom is 0.237 e. The summed E-state index contributed by atoms with van der Waals surface area (Å²) in [4.78, 5) is 13.9. The van der Waals surface area contributed by atoms with Gasteiger partial charge in [0.2, 0.25) is 5.91 Å². The van der Waals surface area contributed by atoms with Crippen LogP contribution in [0.1, 0.15) is 32.1 Å². The Hall–Kier alpha value is -1.08. The molecule has 0 spiro atoms. The number of carbonyl (C=O) groups excluding carboxylic acids is 1. The number of nitriles is 1. The van der Waals surface area contributed by atoms with Crippen LogP contribution in [0.4, 0.5) is 0 Å². The zero-order valence-electron chi connectivity index (χ0n) is 9.83. The van der Waals surface area contributed by atoms with Gasteiger partial charge in [0.05, 0.1) is 12.1 Å². The van der Waals surface area contributed by atoms with Crippen molar-refractivity contribution in [2.45, 2.75) is 38.1 Å². The molecule has 16 heavy (non-hydrogen) atoms. The van der Waals surface area contributed by atoms with Crippen molar-refractivity contribution in [1.29, 1.82) is 5.26 Å². The summed E-state index contributed by atoms with van der Waals surface area (Å²) in [6.07, 6.45) is 5.00. The van der Waals surface area contributed by atoms with Gasteiger partial charge in [-0.15, -0.1) is 0 Å². The van der Waals surface area contributed by atoms with Gasteiger partial charge in [0.25, 0.3) is 0 Å². The molecule has 1 aliphatic heterocycles. The summed E-state index contributed by atoms with van der Waals surface area (Å²) in [5, 5.41) is 11.5. The van der Waals surface area contributed by atoms with Crippen LogP contribution >= 0.6 is 0 Å². The fourth-order valence-corrected chi connectivity index (χ4v) is 2.65. The van der Waals surface area contributed by atoms with Crippen LogP contribution in [-0.4, -0.2) is 37.0 Å². The molecule has 1 amide bonds. The van der Waals surface area contributed by atoms with Crippen LogP contribution in [0.25, 0.3) is 0 Å². The Morgan fingerprint density at radius 2 is 2.38 bits per heavy atom. The molecular formula is C12H19N3O. The van der Waals surface area contributed by atoms with Crippen molar-refractivity contribution < 1.29 is 4.79 Å². The maximum absolute atomic E-state index is 11.7. The second kappa shape index (κ2) is 4.42. The van der Waals surface area contributed by atoms with E-state index >= 15 is 0 Å². The van der Waals surface area contributed by atoms with E-state index < -0.39 is 0 Å². The molecule has 4 heteroatoms. The second-order valence-electron chi connectivity index (χ2n) is 5.08. The molecule has 0 aromatic carbocycles. The first-order valence-corrected chi connectivity index (χ1v) is 6.03. The lowest BCUT2D eigenvalue weighted by Crippen LogP contribution is -2.44. The SMILES string of the molecule is CNC(=O)C1CCCN1CC1(CC#N)CC1. The first-order chi connectivity index (χ1) is 7.71. The molecule has 1 aliphatic carbocycles. The summed E-state index contributed by atoms with van der Waals surface area (Å²) in [7, 11) is 1.70. The van der Waals surface area contributed by atoms with E-state index in [9.17, 15) is 4.79 Å². The van der Waals surface area contributed by atoms with E-state index in [2.05, 4.69) is 16.3 Å². The molecule has 88 valence electrons. The number of nitrogens with zero attached hydrogens (tertiary/aromatic N) is 2. The number of hydrogen-bond donors (Lipinski definition) is 1. The lowest BCUT2D eigenvalue weighted by Gasteiger charge is -2.26. The molecule has 2 aliphatic rings. The maximum atomic E-state index is 11.7.